The molecule has 2 aromatic heterocycles. The Morgan fingerprint density at radius 1 is 1.06 bits per heavy atom. The first-order valence-corrected chi connectivity index (χ1v) is 11.4. The fourth-order valence-electron chi connectivity index (χ4n) is 4.49. The van der Waals surface area contributed by atoms with Crippen LogP contribution in [0, 0.1) is 18.8 Å². The van der Waals surface area contributed by atoms with Crippen LogP contribution in [0.4, 0.5) is 0 Å². The number of pyridine rings is 1. The molecule has 1 N–H and O–H groups in total. The van der Waals surface area contributed by atoms with E-state index in [0.717, 1.165) is 53.6 Å². The largest absolute Gasteiger partial charge is 0.480 e. The maximum atomic E-state index is 13.0. The molecule has 1 fully saturated rings. The molecule has 0 bridgehead atoms. The van der Waals surface area contributed by atoms with Crippen LogP contribution in [0.5, 0.6) is 0 Å². The van der Waals surface area contributed by atoms with E-state index in [9.17, 15) is 9.59 Å². The van der Waals surface area contributed by atoms with Crippen LogP contribution < -0.4 is 5.56 Å². The van der Waals surface area contributed by atoms with Crippen LogP contribution in [0.25, 0.3) is 22.4 Å². The lowest BCUT2D eigenvalue weighted by Crippen LogP contribution is -2.29. The van der Waals surface area contributed by atoms with Crippen LogP contribution in [0.1, 0.15) is 31.2 Å². The van der Waals surface area contributed by atoms with Crippen molar-refractivity contribution >= 4 is 5.97 Å². The van der Waals surface area contributed by atoms with Crippen LogP contribution >= 0.6 is 0 Å². The number of nitrogens with zero attached hydrogens (tertiary/aromatic N) is 3. The van der Waals surface area contributed by atoms with Crippen LogP contribution in [0.2, 0.25) is 0 Å². The highest BCUT2D eigenvalue weighted by atomic mass is 16.5. The molecule has 172 valence electrons. The summed E-state index contributed by atoms with van der Waals surface area (Å²) in [5.41, 5.74) is 4.34. The van der Waals surface area contributed by atoms with Gasteiger partial charge in [-0.1, -0.05) is 30.3 Å². The molecule has 0 saturated heterocycles. The smallest absolute Gasteiger partial charge is 0.329 e. The summed E-state index contributed by atoms with van der Waals surface area (Å²) in [7, 11) is 0. The van der Waals surface area contributed by atoms with E-state index in [0.29, 0.717) is 25.0 Å². The molecule has 1 aliphatic rings. The van der Waals surface area contributed by atoms with Crippen molar-refractivity contribution in [1.29, 1.82) is 0 Å². The third-order valence-electron chi connectivity index (χ3n) is 6.21. The maximum absolute atomic E-state index is 13.0. The Kier molecular flexibility index (Phi) is 7.29. The number of hydrogen-bond donors (Lipinski definition) is 1. The molecule has 1 saturated carbocycles. The quantitative estimate of drug-likeness (QED) is 0.556. The first-order chi connectivity index (χ1) is 16.0. The third kappa shape index (κ3) is 5.93. The second-order valence-corrected chi connectivity index (χ2v) is 8.84. The van der Waals surface area contributed by atoms with Crippen LogP contribution in [-0.2, 0) is 16.1 Å². The average molecular weight is 448 g/mol. The molecular formula is C26H29N3O4. The third-order valence-corrected chi connectivity index (χ3v) is 6.21. The lowest BCUT2D eigenvalue weighted by atomic mass is 9.82. The lowest BCUT2D eigenvalue weighted by Gasteiger charge is -2.28. The Morgan fingerprint density at radius 3 is 2.48 bits per heavy atom. The predicted molar refractivity (Wildman–Crippen MR) is 126 cm³/mol. The minimum Gasteiger partial charge on any atom is -0.480 e. The number of carboxylic acid groups (broad SMARTS) is 1. The van der Waals surface area contributed by atoms with Crippen molar-refractivity contribution in [1.82, 2.24) is 14.8 Å². The molecule has 33 heavy (non-hydrogen) atoms. The summed E-state index contributed by atoms with van der Waals surface area (Å²) in [4.78, 5) is 28.0. The fraction of sp³-hybridized carbons (Fsp3) is 0.385. The number of carboxylic acids is 1. The van der Waals surface area contributed by atoms with Gasteiger partial charge in [0.15, 0.2) is 0 Å². The van der Waals surface area contributed by atoms with Crippen molar-refractivity contribution in [2.24, 2.45) is 11.8 Å². The molecule has 0 radical (unpaired) electrons. The summed E-state index contributed by atoms with van der Waals surface area (Å²) < 4.78 is 6.86. The summed E-state index contributed by atoms with van der Waals surface area (Å²) in [6.45, 7) is 2.80. The SMILES string of the molecule is Cc1cncc(-c2nn(CC3CCC(COCC(=O)O)CC3)c(=O)cc2-c2ccccc2)c1. The number of carbonyl (C=O) groups is 1. The van der Waals surface area contributed by atoms with Crippen LogP contribution in [-0.4, -0.2) is 39.1 Å². The summed E-state index contributed by atoms with van der Waals surface area (Å²) in [5, 5.41) is 13.5. The van der Waals surface area contributed by atoms with E-state index < -0.39 is 5.97 Å². The summed E-state index contributed by atoms with van der Waals surface area (Å²) >= 11 is 0. The van der Waals surface area contributed by atoms with E-state index in [1.807, 2.05) is 43.3 Å². The van der Waals surface area contributed by atoms with E-state index in [1.165, 1.54) is 0 Å². The molecule has 0 unspecified atom stereocenters. The van der Waals surface area contributed by atoms with Crippen molar-refractivity contribution in [3.8, 4) is 22.4 Å². The van der Waals surface area contributed by atoms with Gasteiger partial charge in [0, 0.05) is 36.1 Å². The van der Waals surface area contributed by atoms with Gasteiger partial charge in [0.05, 0.1) is 6.61 Å². The van der Waals surface area contributed by atoms with Gasteiger partial charge in [-0.25, -0.2) is 9.48 Å². The Balaban J connectivity index is 1.54. The number of benzene rings is 1. The number of hydrogen-bond acceptors (Lipinski definition) is 5. The average Bonchev–Trinajstić information content (AvgIpc) is 2.81. The van der Waals surface area contributed by atoms with Gasteiger partial charge in [-0.05, 0) is 61.6 Å². The molecule has 7 nitrogen and oxygen atoms in total. The van der Waals surface area contributed by atoms with Crippen molar-refractivity contribution in [2.45, 2.75) is 39.2 Å². The van der Waals surface area contributed by atoms with Gasteiger partial charge in [0.1, 0.15) is 12.3 Å². The molecule has 0 amide bonds. The molecule has 7 heteroatoms. The van der Waals surface area contributed by atoms with E-state index in [4.69, 9.17) is 14.9 Å². The second kappa shape index (κ2) is 10.5. The summed E-state index contributed by atoms with van der Waals surface area (Å²) in [5.74, 6) is -0.204. The van der Waals surface area contributed by atoms with Gasteiger partial charge in [-0.15, -0.1) is 0 Å². The van der Waals surface area contributed by atoms with E-state index in [2.05, 4.69) is 4.98 Å². The Hall–Kier alpha value is -3.32. The molecule has 0 aliphatic heterocycles. The minimum atomic E-state index is -0.937. The zero-order valence-corrected chi connectivity index (χ0v) is 18.8. The summed E-state index contributed by atoms with van der Waals surface area (Å²) in [6, 6.07) is 13.6. The fourth-order valence-corrected chi connectivity index (χ4v) is 4.49. The molecular weight excluding hydrogens is 418 g/mol. The summed E-state index contributed by atoms with van der Waals surface area (Å²) in [6.07, 6.45) is 7.47. The highest BCUT2D eigenvalue weighted by molar-refractivity contribution is 5.80. The molecule has 2 heterocycles. The molecule has 3 aromatic rings. The lowest BCUT2D eigenvalue weighted by molar-refractivity contribution is -0.142. The maximum Gasteiger partial charge on any atom is 0.329 e. The van der Waals surface area contributed by atoms with Gasteiger partial charge in [-0.3, -0.25) is 9.78 Å². The highest BCUT2D eigenvalue weighted by Crippen LogP contribution is 2.31. The Bertz CT molecular complexity index is 1150. The van der Waals surface area contributed by atoms with E-state index >= 15 is 0 Å². The number of rotatable bonds is 8. The van der Waals surface area contributed by atoms with Gasteiger partial charge in [0.25, 0.3) is 5.56 Å². The monoisotopic (exact) mass is 447 g/mol. The molecule has 1 aromatic carbocycles. The van der Waals surface area contributed by atoms with Crippen molar-refractivity contribution < 1.29 is 14.6 Å². The minimum absolute atomic E-state index is 0.106. The first kappa shape index (κ1) is 22.9. The number of aromatic nitrogens is 3. The van der Waals surface area contributed by atoms with Gasteiger partial charge < -0.3 is 9.84 Å². The molecule has 1 aliphatic carbocycles. The number of aliphatic carboxylic acids is 1. The standard InChI is InChI=1S/C26H29N3O4/c1-18-11-22(14-27-13-18)26-23(21-5-3-2-4-6-21)12-24(30)29(28-26)15-19-7-9-20(10-8-19)16-33-17-25(31)32/h2-6,11-14,19-20H,7-10,15-17H2,1H3,(H,31,32). The second-order valence-electron chi connectivity index (χ2n) is 8.84. The highest BCUT2D eigenvalue weighted by Gasteiger charge is 2.23. The Morgan fingerprint density at radius 2 is 1.79 bits per heavy atom. The zero-order chi connectivity index (χ0) is 23.2. The van der Waals surface area contributed by atoms with Crippen molar-refractivity contribution in [3.63, 3.8) is 0 Å². The number of ether oxygens (including phenoxy) is 1. The topological polar surface area (TPSA) is 94.3 Å². The predicted octanol–water partition coefficient (Wildman–Crippen LogP) is 4.19. The molecule has 0 spiro atoms. The molecule has 0 atom stereocenters. The normalized spacial score (nSPS) is 18.2. The first-order valence-electron chi connectivity index (χ1n) is 11.4. The van der Waals surface area contributed by atoms with Crippen molar-refractivity contribution in [2.75, 3.05) is 13.2 Å². The Labute approximate surface area is 193 Å². The van der Waals surface area contributed by atoms with E-state index in [1.54, 1.807) is 23.1 Å². The number of aryl methyl sites for hydroxylation is 1. The molecule has 4 rings (SSSR count). The zero-order valence-electron chi connectivity index (χ0n) is 18.8. The van der Waals surface area contributed by atoms with Crippen LogP contribution in [0.15, 0.2) is 59.7 Å². The van der Waals surface area contributed by atoms with Gasteiger partial charge >= 0.3 is 5.97 Å². The van der Waals surface area contributed by atoms with E-state index in [-0.39, 0.29) is 12.2 Å². The van der Waals surface area contributed by atoms with Gasteiger partial charge in [-0.2, -0.15) is 5.10 Å². The van der Waals surface area contributed by atoms with Gasteiger partial charge in [0.2, 0.25) is 0 Å². The van der Waals surface area contributed by atoms with Crippen molar-refractivity contribution in [3.05, 3.63) is 70.8 Å². The van der Waals surface area contributed by atoms with Crippen LogP contribution in [0.3, 0.4) is 0 Å².